The third-order valence-corrected chi connectivity index (χ3v) is 4.55. The van der Waals surface area contributed by atoms with Gasteiger partial charge in [0, 0.05) is 18.5 Å². The lowest BCUT2D eigenvalue weighted by Gasteiger charge is -2.23. The Bertz CT molecular complexity index is 528. The number of hydrogen-bond acceptors (Lipinski definition) is 1. The highest BCUT2D eigenvalue weighted by molar-refractivity contribution is 6.30. The Morgan fingerprint density at radius 3 is 2.90 bits per heavy atom. The summed E-state index contributed by atoms with van der Waals surface area (Å²) in [6.45, 7) is 0.825. The zero-order chi connectivity index (χ0) is 14.1. The molecule has 20 heavy (non-hydrogen) atoms. The summed E-state index contributed by atoms with van der Waals surface area (Å²) in [6.07, 6.45) is 4.82. The summed E-state index contributed by atoms with van der Waals surface area (Å²) in [7, 11) is 0. The molecule has 0 amide bonds. The van der Waals surface area contributed by atoms with Crippen LogP contribution in [0.1, 0.15) is 37.2 Å². The molecule has 0 bridgehead atoms. The molecule has 1 aromatic rings. The summed E-state index contributed by atoms with van der Waals surface area (Å²) in [5, 5.41) is 3.38. The van der Waals surface area contributed by atoms with Crippen molar-refractivity contribution in [2.45, 2.75) is 37.6 Å². The van der Waals surface area contributed by atoms with Crippen LogP contribution in [0.3, 0.4) is 0 Å². The van der Waals surface area contributed by atoms with Crippen molar-refractivity contribution < 1.29 is 4.39 Å². The van der Waals surface area contributed by atoms with Gasteiger partial charge >= 0.3 is 0 Å². The van der Waals surface area contributed by atoms with Crippen LogP contribution in [0.25, 0.3) is 0 Å². The second kappa shape index (κ2) is 5.60. The van der Waals surface area contributed by atoms with E-state index in [1.165, 1.54) is 25.3 Å². The fraction of sp³-hybridized carbons (Fsp3) is 0.533. The SMILES string of the molecule is NC(=NCC1CCC1)N[C@@H]1C[C@H]1c1ccc(Cl)c(F)c1. The molecular weight excluding hydrogens is 277 g/mol. The first-order valence-corrected chi connectivity index (χ1v) is 7.52. The normalized spacial score (nSPS) is 26.2. The first-order valence-electron chi connectivity index (χ1n) is 7.15. The van der Waals surface area contributed by atoms with E-state index in [-0.39, 0.29) is 16.9 Å². The molecule has 2 aliphatic carbocycles. The van der Waals surface area contributed by atoms with Gasteiger partial charge in [0.05, 0.1) is 5.02 Å². The van der Waals surface area contributed by atoms with E-state index in [9.17, 15) is 4.39 Å². The minimum atomic E-state index is -0.360. The quantitative estimate of drug-likeness (QED) is 0.662. The molecule has 0 spiro atoms. The molecule has 3 rings (SSSR count). The minimum absolute atomic E-state index is 0.167. The summed E-state index contributed by atoms with van der Waals surface area (Å²) < 4.78 is 13.4. The maximum Gasteiger partial charge on any atom is 0.188 e. The summed E-state index contributed by atoms with van der Waals surface area (Å²) in [5.41, 5.74) is 6.85. The third kappa shape index (κ3) is 3.06. The summed E-state index contributed by atoms with van der Waals surface area (Å²) in [4.78, 5) is 4.37. The van der Waals surface area contributed by atoms with Crippen molar-refractivity contribution in [2.75, 3.05) is 6.54 Å². The number of nitrogens with zero attached hydrogens (tertiary/aromatic N) is 1. The van der Waals surface area contributed by atoms with E-state index in [0.29, 0.717) is 11.9 Å². The van der Waals surface area contributed by atoms with Gasteiger partial charge in [0.2, 0.25) is 0 Å². The summed E-state index contributed by atoms with van der Waals surface area (Å²) >= 11 is 5.69. The molecule has 0 aromatic heterocycles. The smallest absolute Gasteiger partial charge is 0.188 e. The van der Waals surface area contributed by atoms with Crippen molar-refractivity contribution in [1.29, 1.82) is 0 Å². The van der Waals surface area contributed by atoms with E-state index >= 15 is 0 Å². The second-order valence-corrected chi connectivity index (χ2v) is 6.20. The molecule has 108 valence electrons. The van der Waals surface area contributed by atoms with Crippen LogP contribution in [0.4, 0.5) is 4.39 Å². The maximum atomic E-state index is 13.4. The van der Waals surface area contributed by atoms with Gasteiger partial charge in [-0.1, -0.05) is 24.1 Å². The minimum Gasteiger partial charge on any atom is -0.370 e. The molecular formula is C15H19ClFN3. The average Bonchev–Trinajstić information content (AvgIpc) is 3.10. The molecule has 0 unspecified atom stereocenters. The van der Waals surface area contributed by atoms with Gasteiger partial charge in [-0.05, 0) is 42.9 Å². The molecule has 2 atom stereocenters. The topological polar surface area (TPSA) is 50.4 Å². The number of rotatable bonds is 4. The fourth-order valence-electron chi connectivity index (χ4n) is 2.60. The van der Waals surface area contributed by atoms with Gasteiger partial charge in [-0.15, -0.1) is 0 Å². The molecule has 5 heteroatoms. The predicted molar refractivity (Wildman–Crippen MR) is 79.5 cm³/mol. The largest absolute Gasteiger partial charge is 0.370 e. The molecule has 2 aliphatic rings. The third-order valence-electron chi connectivity index (χ3n) is 4.24. The van der Waals surface area contributed by atoms with Gasteiger partial charge in [0.25, 0.3) is 0 Å². The Kier molecular flexibility index (Phi) is 3.83. The number of benzene rings is 1. The van der Waals surface area contributed by atoms with Crippen molar-refractivity contribution in [3.8, 4) is 0 Å². The van der Waals surface area contributed by atoms with E-state index < -0.39 is 0 Å². The number of halogens is 2. The van der Waals surface area contributed by atoms with Crippen LogP contribution in [0.5, 0.6) is 0 Å². The highest BCUT2D eigenvalue weighted by Gasteiger charge is 2.39. The monoisotopic (exact) mass is 295 g/mol. The van der Waals surface area contributed by atoms with Crippen LogP contribution in [0, 0.1) is 11.7 Å². The lowest BCUT2D eigenvalue weighted by Crippen LogP contribution is -2.35. The van der Waals surface area contributed by atoms with Gasteiger partial charge in [-0.2, -0.15) is 0 Å². The van der Waals surface area contributed by atoms with Crippen molar-refractivity contribution >= 4 is 17.6 Å². The maximum absolute atomic E-state index is 13.4. The van der Waals surface area contributed by atoms with E-state index in [1.54, 1.807) is 6.07 Å². The number of guanidine groups is 1. The summed E-state index contributed by atoms with van der Waals surface area (Å²) in [5.74, 6) is 1.18. The Morgan fingerprint density at radius 2 is 2.25 bits per heavy atom. The molecule has 2 saturated carbocycles. The number of aliphatic imine (C=N–C) groups is 1. The van der Waals surface area contributed by atoms with Crippen LogP contribution >= 0.6 is 11.6 Å². The van der Waals surface area contributed by atoms with E-state index in [1.807, 2.05) is 6.07 Å². The molecule has 3 nitrogen and oxygen atoms in total. The first-order chi connectivity index (χ1) is 9.63. The van der Waals surface area contributed by atoms with E-state index in [4.69, 9.17) is 17.3 Å². The van der Waals surface area contributed by atoms with E-state index in [2.05, 4.69) is 10.3 Å². The van der Waals surface area contributed by atoms with Crippen LogP contribution in [0.15, 0.2) is 23.2 Å². The van der Waals surface area contributed by atoms with Gasteiger partial charge in [0.1, 0.15) is 5.82 Å². The van der Waals surface area contributed by atoms with Gasteiger partial charge in [0.15, 0.2) is 5.96 Å². The zero-order valence-corrected chi connectivity index (χ0v) is 12.0. The Labute approximate surface area is 123 Å². The highest BCUT2D eigenvalue weighted by atomic mass is 35.5. The zero-order valence-electron chi connectivity index (χ0n) is 11.3. The highest BCUT2D eigenvalue weighted by Crippen LogP contribution is 2.41. The fourth-order valence-corrected chi connectivity index (χ4v) is 2.72. The predicted octanol–water partition coefficient (Wildman–Crippen LogP) is 3.04. The van der Waals surface area contributed by atoms with Gasteiger partial charge in [-0.3, -0.25) is 4.99 Å². The van der Waals surface area contributed by atoms with Crippen molar-refractivity contribution in [3.63, 3.8) is 0 Å². The van der Waals surface area contributed by atoms with Crippen LogP contribution in [0.2, 0.25) is 5.02 Å². The van der Waals surface area contributed by atoms with Crippen LogP contribution < -0.4 is 11.1 Å². The van der Waals surface area contributed by atoms with Crippen molar-refractivity contribution in [1.82, 2.24) is 5.32 Å². The Morgan fingerprint density at radius 1 is 1.45 bits per heavy atom. The molecule has 0 saturated heterocycles. The molecule has 1 aromatic carbocycles. The average molecular weight is 296 g/mol. The van der Waals surface area contributed by atoms with Gasteiger partial charge in [-0.25, -0.2) is 4.39 Å². The van der Waals surface area contributed by atoms with Crippen LogP contribution in [-0.4, -0.2) is 18.5 Å². The number of nitrogens with two attached hydrogens (primary N) is 1. The van der Waals surface area contributed by atoms with Crippen LogP contribution in [-0.2, 0) is 0 Å². The molecule has 0 radical (unpaired) electrons. The second-order valence-electron chi connectivity index (χ2n) is 5.79. The molecule has 0 aliphatic heterocycles. The number of hydrogen-bond donors (Lipinski definition) is 2. The Balaban J connectivity index is 1.51. The Hall–Kier alpha value is -1.29. The summed E-state index contributed by atoms with van der Waals surface area (Å²) in [6, 6.07) is 5.26. The van der Waals surface area contributed by atoms with Crippen molar-refractivity contribution in [2.24, 2.45) is 16.6 Å². The lowest BCUT2D eigenvalue weighted by atomic mass is 9.86. The number of nitrogens with one attached hydrogen (secondary N) is 1. The first kappa shape index (κ1) is 13.7. The standard InChI is InChI=1S/C15H19ClFN3/c16-12-5-4-10(6-13(12)17)11-7-14(11)20-15(18)19-8-9-2-1-3-9/h4-6,9,11,14H,1-3,7-8H2,(H3,18,19,20)/t11-,14+/m0/s1. The van der Waals surface area contributed by atoms with Gasteiger partial charge < -0.3 is 11.1 Å². The van der Waals surface area contributed by atoms with Crippen molar-refractivity contribution in [3.05, 3.63) is 34.6 Å². The molecule has 2 fully saturated rings. The molecule has 3 N–H and O–H groups in total. The molecule has 0 heterocycles. The van der Waals surface area contributed by atoms with E-state index in [0.717, 1.165) is 24.4 Å². The lowest BCUT2D eigenvalue weighted by molar-refractivity contribution is 0.326.